The summed E-state index contributed by atoms with van der Waals surface area (Å²) in [6.07, 6.45) is 4.07. The molecular formula is C11H17N3O. The molecule has 82 valence electrons. The van der Waals surface area contributed by atoms with Crippen LogP contribution in [0.2, 0.25) is 0 Å². The van der Waals surface area contributed by atoms with Gasteiger partial charge >= 0.3 is 0 Å². The normalized spacial score (nSPS) is 12.4. The zero-order valence-corrected chi connectivity index (χ0v) is 8.94. The van der Waals surface area contributed by atoms with E-state index in [-0.39, 0.29) is 0 Å². The van der Waals surface area contributed by atoms with E-state index in [1.54, 1.807) is 6.20 Å². The van der Waals surface area contributed by atoms with Crippen molar-refractivity contribution in [2.75, 3.05) is 0 Å². The van der Waals surface area contributed by atoms with E-state index in [4.69, 9.17) is 11.5 Å². The molecule has 4 nitrogen and oxygen atoms in total. The molecule has 0 spiro atoms. The summed E-state index contributed by atoms with van der Waals surface area (Å²) >= 11 is 0. The molecule has 0 aliphatic carbocycles. The van der Waals surface area contributed by atoms with Gasteiger partial charge in [0.1, 0.15) is 0 Å². The van der Waals surface area contributed by atoms with Gasteiger partial charge in [-0.05, 0) is 37.8 Å². The molecule has 0 bridgehead atoms. The van der Waals surface area contributed by atoms with Crippen molar-refractivity contribution in [3.05, 3.63) is 29.6 Å². The summed E-state index contributed by atoms with van der Waals surface area (Å²) in [6, 6.07) is 3.40. The number of aromatic nitrogens is 1. The maximum absolute atomic E-state index is 10.7. The van der Waals surface area contributed by atoms with E-state index >= 15 is 0 Å². The van der Waals surface area contributed by atoms with Gasteiger partial charge in [-0.1, -0.05) is 6.07 Å². The van der Waals surface area contributed by atoms with Crippen LogP contribution in [0.1, 0.15) is 24.1 Å². The fourth-order valence-corrected chi connectivity index (χ4v) is 1.41. The fourth-order valence-electron chi connectivity index (χ4n) is 1.41. The number of carbonyl (C=O) groups excluding carboxylic acids is 1. The Morgan fingerprint density at radius 2 is 2.33 bits per heavy atom. The SMILES string of the molecule is Cc1cccnc1CCC[C@H](N)C(N)=O. The lowest BCUT2D eigenvalue weighted by Gasteiger charge is -2.07. The van der Waals surface area contributed by atoms with Crippen molar-refractivity contribution in [2.45, 2.75) is 32.2 Å². The molecule has 1 aromatic heterocycles. The molecule has 1 rings (SSSR count). The molecule has 0 unspecified atom stereocenters. The molecule has 0 saturated heterocycles. The van der Waals surface area contributed by atoms with Gasteiger partial charge in [0.2, 0.25) is 5.91 Å². The zero-order valence-electron chi connectivity index (χ0n) is 8.94. The molecule has 4 heteroatoms. The van der Waals surface area contributed by atoms with Crippen molar-refractivity contribution in [2.24, 2.45) is 11.5 Å². The van der Waals surface area contributed by atoms with E-state index in [1.165, 1.54) is 5.56 Å². The van der Waals surface area contributed by atoms with Crippen molar-refractivity contribution in [3.63, 3.8) is 0 Å². The largest absolute Gasteiger partial charge is 0.368 e. The predicted octanol–water partition coefficient (Wildman–Crippen LogP) is 0.525. The van der Waals surface area contributed by atoms with Gasteiger partial charge in [0.05, 0.1) is 6.04 Å². The van der Waals surface area contributed by atoms with Gasteiger partial charge in [-0.2, -0.15) is 0 Å². The molecule has 0 aliphatic heterocycles. The molecule has 0 radical (unpaired) electrons. The third kappa shape index (κ3) is 3.67. The first-order chi connectivity index (χ1) is 7.11. The molecule has 15 heavy (non-hydrogen) atoms. The van der Waals surface area contributed by atoms with Crippen LogP contribution in [0.3, 0.4) is 0 Å². The number of pyridine rings is 1. The summed E-state index contributed by atoms with van der Waals surface area (Å²) < 4.78 is 0. The van der Waals surface area contributed by atoms with Crippen LogP contribution in [0.15, 0.2) is 18.3 Å². The van der Waals surface area contributed by atoms with E-state index in [0.717, 1.165) is 18.5 Å². The molecule has 4 N–H and O–H groups in total. The molecule has 1 aromatic rings. The molecule has 0 fully saturated rings. The minimum Gasteiger partial charge on any atom is -0.368 e. The number of carbonyl (C=O) groups is 1. The van der Waals surface area contributed by atoms with E-state index in [9.17, 15) is 4.79 Å². The highest BCUT2D eigenvalue weighted by Crippen LogP contribution is 2.08. The Bertz CT molecular complexity index is 338. The number of primary amides is 1. The number of aryl methyl sites for hydroxylation is 2. The lowest BCUT2D eigenvalue weighted by atomic mass is 10.1. The molecule has 0 aliphatic rings. The predicted molar refractivity (Wildman–Crippen MR) is 59.1 cm³/mol. The van der Waals surface area contributed by atoms with Crippen LogP contribution in [0.5, 0.6) is 0 Å². The van der Waals surface area contributed by atoms with Gasteiger partial charge in [0.15, 0.2) is 0 Å². The van der Waals surface area contributed by atoms with Crippen molar-refractivity contribution >= 4 is 5.91 Å². The van der Waals surface area contributed by atoms with Crippen LogP contribution in [0, 0.1) is 6.92 Å². The molecule has 1 atom stereocenters. The summed E-state index contributed by atoms with van der Waals surface area (Å²) in [5.74, 6) is -0.437. The van der Waals surface area contributed by atoms with Crippen LogP contribution in [-0.2, 0) is 11.2 Å². The summed E-state index contributed by atoms with van der Waals surface area (Å²) in [7, 11) is 0. The summed E-state index contributed by atoms with van der Waals surface area (Å²) in [5, 5.41) is 0. The third-order valence-electron chi connectivity index (χ3n) is 2.41. The van der Waals surface area contributed by atoms with Crippen molar-refractivity contribution < 1.29 is 4.79 Å². The highest BCUT2D eigenvalue weighted by molar-refractivity contribution is 5.79. The standard InChI is InChI=1S/C11H17N3O/c1-8-4-3-7-14-10(8)6-2-5-9(12)11(13)15/h3-4,7,9H,2,5-6,12H2,1H3,(H2,13,15)/t9-/m0/s1. The first-order valence-electron chi connectivity index (χ1n) is 5.06. The summed E-state index contributed by atoms with van der Waals surface area (Å²) in [6.45, 7) is 2.02. The van der Waals surface area contributed by atoms with Crippen LogP contribution in [0.25, 0.3) is 0 Å². The van der Waals surface area contributed by atoms with Crippen LogP contribution in [0.4, 0.5) is 0 Å². The van der Waals surface area contributed by atoms with Crippen molar-refractivity contribution in [1.29, 1.82) is 0 Å². The Morgan fingerprint density at radius 3 is 2.93 bits per heavy atom. The Hall–Kier alpha value is -1.42. The van der Waals surface area contributed by atoms with E-state index in [2.05, 4.69) is 4.98 Å². The first-order valence-corrected chi connectivity index (χ1v) is 5.06. The quantitative estimate of drug-likeness (QED) is 0.738. The minimum atomic E-state index is -0.533. The molecule has 1 amide bonds. The number of amides is 1. The molecular weight excluding hydrogens is 190 g/mol. The van der Waals surface area contributed by atoms with Crippen molar-refractivity contribution in [1.82, 2.24) is 4.98 Å². The molecule has 0 saturated carbocycles. The monoisotopic (exact) mass is 207 g/mol. The van der Waals surface area contributed by atoms with Gasteiger partial charge in [-0.25, -0.2) is 0 Å². The Labute approximate surface area is 89.7 Å². The average molecular weight is 207 g/mol. The minimum absolute atomic E-state index is 0.437. The number of hydrogen-bond donors (Lipinski definition) is 2. The lowest BCUT2D eigenvalue weighted by Crippen LogP contribution is -2.36. The molecule has 1 heterocycles. The number of nitrogens with zero attached hydrogens (tertiary/aromatic N) is 1. The van der Waals surface area contributed by atoms with E-state index in [0.29, 0.717) is 6.42 Å². The topological polar surface area (TPSA) is 82.0 Å². The van der Waals surface area contributed by atoms with Crippen LogP contribution >= 0.6 is 0 Å². The van der Waals surface area contributed by atoms with Gasteiger partial charge in [-0.15, -0.1) is 0 Å². The van der Waals surface area contributed by atoms with E-state index < -0.39 is 11.9 Å². The second kappa shape index (κ2) is 5.46. The van der Waals surface area contributed by atoms with Gasteiger partial charge in [0, 0.05) is 11.9 Å². The van der Waals surface area contributed by atoms with Crippen molar-refractivity contribution in [3.8, 4) is 0 Å². The Kier molecular flexibility index (Phi) is 4.24. The second-order valence-corrected chi connectivity index (χ2v) is 3.67. The van der Waals surface area contributed by atoms with Gasteiger partial charge in [-0.3, -0.25) is 9.78 Å². The highest BCUT2D eigenvalue weighted by Gasteiger charge is 2.08. The maximum Gasteiger partial charge on any atom is 0.234 e. The summed E-state index contributed by atoms with van der Waals surface area (Å²) in [5.41, 5.74) is 12.8. The lowest BCUT2D eigenvalue weighted by molar-refractivity contribution is -0.119. The van der Waals surface area contributed by atoms with Gasteiger partial charge < -0.3 is 11.5 Å². The summed E-state index contributed by atoms with van der Waals surface area (Å²) in [4.78, 5) is 15.0. The maximum atomic E-state index is 10.7. The zero-order chi connectivity index (χ0) is 11.3. The first kappa shape index (κ1) is 11.7. The smallest absolute Gasteiger partial charge is 0.234 e. The van der Waals surface area contributed by atoms with E-state index in [1.807, 2.05) is 19.1 Å². The third-order valence-corrected chi connectivity index (χ3v) is 2.41. The average Bonchev–Trinajstić information content (AvgIpc) is 2.20. The number of rotatable bonds is 5. The van der Waals surface area contributed by atoms with Crippen LogP contribution < -0.4 is 11.5 Å². The fraction of sp³-hybridized carbons (Fsp3) is 0.455. The van der Waals surface area contributed by atoms with Gasteiger partial charge in [0.25, 0.3) is 0 Å². The Morgan fingerprint density at radius 1 is 1.60 bits per heavy atom. The Balaban J connectivity index is 2.38. The second-order valence-electron chi connectivity index (χ2n) is 3.67. The number of nitrogens with two attached hydrogens (primary N) is 2. The van der Waals surface area contributed by atoms with Crippen LogP contribution in [-0.4, -0.2) is 16.9 Å². The highest BCUT2D eigenvalue weighted by atomic mass is 16.1. The molecule has 0 aromatic carbocycles. The number of hydrogen-bond acceptors (Lipinski definition) is 3.